The summed E-state index contributed by atoms with van der Waals surface area (Å²) in [5.41, 5.74) is 0. The Bertz CT molecular complexity index is 340. The van der Waals surface area contributed by atoms with Crippen LogP contribution in [0.3, 0.4) is 0 Å². The number of thiol groups is 1. The third-order valence-electron chi connectivity index (χ3n) is 4.74. The minimum atomic E-state index is 0.450. The molecule has 0 radical (unpaired) electrons. The molecule has 1 N–H and O–H groups in total. The summed E-state index contributed by atoms with van der Waals surface area (Å²) in [6, 6.07) is 1.26. The van der Waals surface area contributed by atoms with E-state index in [-0.39, 0.29) is 0 Å². The third-order valence-corrected chi connectivity index (χ3v) is 4.99. The van der Waals surface area contributed by atoms with E-state index in [2.05, 4.69) is 43.6 Å². The molecule has 0 aliphatic carbocycles. The van der Waals surface area contributed by atoms with Crippen molar-refractivity contribution < 1.29 is 18.9 Å². The van der Waals surface area contributed by atoms with Gasteiger partial charge in [0.1, 0.15) is 0 Å². The van der Waals surface area contributed by atoms with Crippen molar-refractivity contribution >= 4 is 12.6 Å². The average Bonchev–Trinajstić information content (AvgIpc) is 2.65. The first-order chi connectivity index (χ1) is 13.6. The van der Waals surface area contributed by atoms with Gasteiger partial charge in [0.2, 0.25) is 0 Å². The second-order valence-electron chi connectivity index (χ2n) is 7.88. The zero-order chi connectivity index (χ0) is 20.5. The molecule has 1 aliphatic heterocycles. The standard InChI is InChI=1S/C21H44N2O4S/c1-19(2)22-21-6-8-23(9-7-21)10-12-25-14-16-27-18-17-26-15-13-24-11-4-5-20(3)28/h19-22,28H,4-18H2,1-3H3. The Morgan fingerprint density at radius 1 is 0.821 bits per heavy atom. The molecule has 1 rings (SSSR count). The summed E-state index contributed by atoms with van der Waals surface area (Å²) in [6.45, 7) is 15.2. The molecule has 28 heavy (non-hydrogen) atoms. The monoisotopic (exact) mass is 420 g/mol. The molecular weight excluding hydrogens is 376 g/mol. The molecule has 168 valence electrons. The lowest BCUT2D eigenvalue weighted by Crippen LogP contribution is -2.45. The van der Waals surface area contributed by atoms with E-state index in [4.69, 9.17) is 18.9 Å². The molecular formula is C21H44N2O4S. The van der Waals surface area contributed by atoms with Gasteiger partial charge in [0.05, 0.1) is 46.2 Å². The van der Waals surface area contributed by atoms with Gasteiger partial charge >= 0.3 is 0 Å². The van der Waals surface area contributed by atoms with Crippen LogP contribution in [-0.2, 0) is 18.9 Å². The summed E-state index contributed by atoms with van der Waals surface area (Å²) in [6.07, 6.45) is 4.62. The van der Waals surface area contributed by atoms with Crippen LogP contribution in [0.15, 0.2) is 0 Å². The van der Waals surface area contributed by atoms with Gasteiger partial charge in [-0.05, 0) is 44.0 Å². The van der Waals surface area contributed by atoms with Crippen LogP contribution < -0.4 is 5.32 Å². The van der Waals surface area contributed by atoms with Crippen LogP contribution in [0.4, 0.5) is 0 Å². The minimum absolute atomic E-state index is 0.450. The molecule has 0 saturated carbocycles. The highest BCUT2D eigenvalue weighted by Crippen LogP contribution is 2.10. The van der Waals surface area contributed by atoms with Crippen molar-refractivity contribution in [3.8, 4) is 0 Å². The van der Waals surface area contributed by atoms with Crippen molar-refractivity contribution in [2.45, 2.75) is 63.8 Å². The zero-order valence-corrected chi connectivity index (χ0v) is 19.3. The molecule has 0 bridgehead atoms. The predicted octanol–water partition coefficient (Wildman–Crippen LogP) is 2.61. The number of nitrogens with zero attached hydrogens (tertiary/aromatic N) is 1. The maximum absolute atomic E-state index is 5.68. The maximum atomic E-state index is 5.68. The fourth-order valence-electron chi connectivity index (χ4n) is 3.23. The molecule has 0 aromatic rings. The SMILES string of the molecule is CC(S)CCCOCCOCCOCCOCCN1CCC(NC(C)C)CC1. The van der Waals surface area contributed by atoms with Gasteiger partial charge in [-0.1, -0.05) is 20.8 Å². The Balaban J connectivity index is 1.75. The fourth-order valence-corrected chi connectivity index (χ4v) is 3.41. The Morgan fingerprint density at radius 2 is 1.32 bits per heavy atom. The molecule has 1 heterocycles. The van der Waals surface area contributed by atoms with Crippen LogP contribution in [0.2, 0.25) is 0 Å². The summed E-state index contributed by atoms with van der Waals surface area (Å²) >= 11 is 4.34. The van der Waals surface area contributed by atoms with Crippen LogP contribution >= 0.6 is 12.6 Å². The molecule has 6 nitrogen and oxygen atoms in total. The smallest absolute Gasteiger partial charge is 0.0701 e. The Hall–Kier alpha value is 0.110. The normalized spacial score (nSPS) is 17.5. The lowest BCUT2D eigenvalue weighted by atomic mass is 10.0. The molecule has 0 spiro atoms. The zero-order valence-electron chi connectivity index (χ0n) is 18.4. The van der Waals surface area contributed by atoms with Crippen molar-refractivity contribution in [2.24, 2.45) is 0 Å². The number of piperidine rings is 1. The van der Waals surface area contributed by atoms with Crippen LogP contribution in [0, 0.1) is 0 Å². The second kappa shape index (κ2) is 17.9. The average molecular weight is 421 g/mol. The van der Waals surface area contributed by atoms with Crippen molar-refractivity contribution in [3.63, 3.8) is 0 Å². The highest BCUT2D eigenvalue weighted by molar-refractivity contribution is 7.80. The number of nitrogens with one attached hydrogen (secondary N) is 1. The molecule has 1 unspecified atom stereocenters. The van der Waals surface area contributed by atoms with E-state index in [9.17, 15) is 0 Å². The number of hydrogen-bond donors (Lipinski definition) is 2. The molecule has 1 aliphatic rings. The van der Waals surface area contributed by atoms with E-state index in [0.29, 0.717) is 57.0 Å². The minimum Gasteiger partial charge on any atom is -0.379 e. The molecule has 0 aromatic heterocycles. The topological polar surface area (TPSA) is 52.2 Å². The van der Waals surface area contributed by atoms with Gasteiger partial charge in [0.15, 0.2) is 0 Å². The van der Waals surface area contributed by atoms with Crippen LogP contribution in [0.1, 0.15) is 46.5 Å². The Kier molecular flexibility index (Phi) is 16.7. The van der Waals surface area contributed by atoms with Crippen molar-refractivity contribution in [1.82, 2.24) is 10.2 Å². The Morgan fingerprint density at radius 3 is 1.82 bits per heavy atom. The number of hydrogen-bond acceptors (Lipinski definition) is 7. The van der Waals surface area contributed by atoms with Gasteiger partial charge in [0, 0.05) is 25.2 Å². The van der Waals surface area contributed by atoms with Gasteiger partial charge in [-0.2, -0.15) is 12.6 Å². The van der Waals surface area contributed by atoms with E-state index < -0.39 is 0 Å². The van der Waals surface area contributed by atoms with Gasteiger partial charge in [0.25, 0.3) is 0 Å². The summed E-state index contributed by atoms with van der Waals surface area (Å²) in [5.74, 6) is 0. The predicted molar refractivity (Wildman–Crippen MR) is 119 cm³/mol. The molecule has 1 saturated heterocycles. The molecule has 1 fully saturated rings. The molecule has 0 aromatic carbocycles. The first-order valence-corrected chi connectivity index (χ1v) is 11.6. The van der Waals surface area contributed by atoms with Crippen LogP contribution in [0.5, 0.6) is 0 Å². The summed E-state index contributed by atoms with van der Waals surface area (Å²) < 4.78 is 22.2. The summed E-state index contributed by atoms with van der Waals surface area (Å²) in [4.78, 5) is 2.49. The highest BCUT2D eigenvalue weighted by Gasteiger charge is 2.18. The fraction of sp³-hybridized carbons (Fsp3) is 1.00. The van der Waals surface area contributed by atoms with Gasteiger partial charge in [-0.25, -0.2) is 0 Å². The van der Waals surface area contributed by atoms with Gasteiger partial charge in [-0.15, -0.1) is 0 Å². The van der Waals surface area contributed by atoms with E-state index in [1.54, 1.807) is 0 Å². The van der Waals surface area contributed by atoms with E-state index >= 15 is 0 Å². The first-order valence-electron chi connectivity index (χ1n) is 11.1. The summed E-state index contributed by atoms with van der Waals surface area (Å²) in [5, 5.41) is 4.08. The van der Waals surface area contributed by atoms with E-state index in [0.717, 1.165) is 32.6 Å². The quantitative estimate of drug-likeness (QED) is 0.263. The van der Waals surface area contributed by atoms with E-state index in [1.165, 1.54) is 25.9 Å². The third kappa shape index (κ3) is 16.0. The molecule has 0 amide bonds. The van der Waals surface area contributed by atoms with E-state index in [1.807, 2.05) is 0 Å². The number of rotatable bonds is 18. The van der Waals surface area contributed by atoms with Crippen molar-refractivity contribution in [1.29, 1.82) is 0 Å². The second-order valence-corrected chi connectivity index (χ2v) is 8.76. The Labute approximate surface area is 178 Å². The van der Waals surface area contributed by atoms with Gasteiger partial charge < -0.3 is 29.2 Å². The number of ether oxygens (including phenoxy) is 4. The molecule has 1 atom stereocenters. The lowest BCUT2D eigenvalue weighted by molar-refractivity contribution is -0.00475. The van der Waals surface area contributed by atoms with Gasteiger partial charge in [-0.3, -0.25) is 0 Å². The summed E-state index contributed by atoms with van der Waals surface area (Å²) in [7, 11) is 0. The van der Waals surface area contributed by atoms with Crippen LogP contribution in [-0.4, -0.2) is 94.7 Å². The number of likely N-dealkylation sites (tertiary alicyclic amines) is 1. The first kappa shape index (κ1) is 26.1. The maximum Gasteiger partial charge on any atom is 0.0701 e. The largest absolute Gasteiger partial charge is 0.379 e. The molecule has 7 heteroatoms. The van der Waals surface area contributed by atoms with Crippen molar-refractivity contribution in [2.75, 3.05) is 72.5 Å². The lowest BCUT2D eigenvalue weighted by Gasteiger charge is -2.33. The highest BCUT2D eigenvalue weighted by atomic mass is 32.1. The van der Waals surface area contributed by atoms with Crippen molar-refractivity contribution in [3.05, 3.63) is 0 Å². The van der Waals surface area contributed by atoms with Crippen LogP contribution in [0.25, 0.3) is 0 Å².